The maximum absolute atomic E-state index is 13.1. The van der Waals surface area contributed by atoms with Crippen LogP contribution in [0.5, 0.6) is 0 Å². The maximum atomic E-state index is 13.1. The van der Waals surface area contributed by atoms with Crippen molar-refractivity contribution in [1.82, 2.24) is 4.90 Å². The quantitative estimate of drug-likeness (QED) is 0.469. The van der Waals surface area contributed by atoms with Gasteiger partial charge in [-0.25, -0.2) is 0 Å². The minimum Gasteiger partial charge on any atom is -0.472 e. The third-order valence-electron chi connectivity index (χ3n) is 4.45. The van der Waals surface area contributed by atoms with E-state index in [2.05, 4.69) is 24.3 Å². The lowest BCUT2D eigenvalue weighted by Gasteiger charge is -2.22. The Morgan fingerprint density at radius 3 is 2.65 bits per heavy atom. The Hall–Kier alpha value is -2.85. The van der Waals surface area contributed by atoms with Gasteiger partial charge in [-0.1, -0.05) is 48.5 Å². The third kappa shape index (κ3) is 3.70. The SMILES string of the molecule is O=C(Cc1cccc2ccccc12)N(Cc1ccoc1)Cc1cccs1. The molecule has 2 heterocycles. The lowest BCUT2D eigenvalue weighted by Crippen LogP contribution is -2.31. The van der Waals surface area contributed by atoms with E-state index in [-0.39, 0.29) is 5.91 Å². The van der Waals surface area contributed by atoms with Gasteiger partial charge in [0.05, 0.1) is 25.5 Å². The average molecular weight is 361 g/mol. The summed E-state index contributed by atoms with van der Waals surface area (Å²) in [4.78, 5) is 16.2. The number of hydrogen-bond donors (Lipinski definition) is 0. The van der Waals surface area contributed by atoms with Gasteiger partial charge in [0.25, 0.3) is 0 Å². The molecule has 0 spiro atoms. The molecule has 4 heteroatoms. The van der Waals surface area contributed by atoms with E-state index >= 15 is 0 Å². The second-order valence-corrected chi connectivity index (χ2v) is 7.31. The van der Waals surface area contributed by atoms with Gasteiger partial charge in [-0.2, -0.15) is 0 Å². The number of rotatable bonds is 6. The summed E-state index contributed by atoms with van der Waals surface area (Å²) in [6.45, 7) is 1.17. The van der Waals surface area contributed by atoms with Crippen molar-refractivity contribution in [3.05, 3.63) is 94.6 Å². The van der Waals surface area contributed by atoms with Gasteiger partial charge in [-0.05, 0) is 33.8 Å². The van der Waals surface area contributed by atoms with Gasteiger partial charge >= 0.3 is 0 Å². The van der Waals surface area contributed by atoms with Gasteiger partial charge in [-0.15, -0.1) is 11.3 Å². The molecule has 0 aliphatic rings. The molecule has 0 saturated heterocycles. The van der Waals surface area contributed by atoms with Crippen LogP contribution in [-0.4, -0.2) is 10.8 Å². The number of benzene rings is 2. The summed E-state index contributed by atoms with van der Waals surface area (Å²) in [5, 5.41) is 4.35. The van der Waals surface area contributed by atoms with Gasteiger partial charge < -0.3 is 9.32 Å². The number of hydrogen-bond acceptors (Lipinski definition) is 3. The van der Waals surface area contributed by atoms with Crippen LogP contribution in [0.15, 0.2) is 83.0 Å². The molecule has 2 aromatic heterocycles. The van der Waals surface area contributed by atoms with E-state index in [1.165, 1.54) is 4.88 Å². The van der Waals surface area contributed by atoms with E-state index in [0.717, 1.165) is 21.9 Å². The van der Waals surface area contributed by atoms with Crippen molar-refractivity contribution in [2.45, 2.75) is 19.5 Å². The number of thiophene rings is 1. The predicted octanol–water partition coefficient (Wildman–Crippen LogP) is 5.27. The number of carbonyl (C=O) groups excluding carboxylic acids is 1. The van der Waals surface area contributed by atoms with Gasteiger partial charge in [0.15, 0.2) is 0 Å². The Balaban J connectivity index is 1.58. The van der Waals surface area contributed by atoms with Gasteiger partial charge in [-0.3, -0.25) is 4.79 Å². The van der Waals surface area contributed by atoms with E-state index in [0.29, 0.717) is 19.5 Å². The molecule has 0 fully saturated rings. The Bertz CT molecular complexity index is 949. The van der Waals surface area contributed by atoms with E-state index in [4.69, 9.17) is 4.42 Å². The molecule has 0 N–H and O–H groups in total. The van der Waals surface area contributed by atoms with Crippen LogP contribution >= 0.6 is 11.3 Å². The summed E-state index contributed by atoms with van der Waals surface area (Å²) in [7, 11) is 0. The van der Waals surface area contributed by atoms with Crippen molar-refractivity contribution in [2.75, 3.05) is 0 Å². The molecule has 0 atom stereocenters. The summed E-state index contributed by atoms with van der Waals surface area (Å²) in [5.41, 5.74) is 2.07. The summed E-state index contributed by atoms with van der Waals surface area (Å²) in [5.74, 6) is 0.121. The maximum Gasteiger partial charge on any atom is 0.227 e. The molecule has 1 amide bonds. The van der Waals surface area contributed by atoms with Crippen molar-refractivity contribution in [2.24, 2.45) is 0 Å². The lowest BCUT2D eigenvalue weighted by atomic mass is 10.0. The van der Waals surface area contributed by atoms with Crippen LogP contribution in [0.3, 0.4) is 0 Å². The first-order valence-electron chi connectivity index (χ1n) is 8.57. The summed E-state index contributed by atoms with van der Waals surface area (Å²) in [6, 6.07) is 20.3. The first kappa shape index (κ1) is 16.6. The van der Waals surface area contributed by atoms with Gasteiger partial charge in [0, 0.05) is 17.0 Å². The lowest BCUT2D eigenvalue weighted by molar-refractivity contribution is -0.131. The van der Waals surface area contributed by atoms with Crippen LogP contribution in [0.2, 0.25) is 0 Å². The molecule has 3 nitrogen and oxygen atoms in total. The summed E-state index contributed by atoms with van der Waals surface area (Å²) in [6.07, 6.45) is 3.74. The first-order chi connectivity index (χ1) is 12.8. The van der Waals surface area contributed by atoms with Crippen LogP contribution in [0.1, 0.15) is 16.0 Å². The molecular weight excluding hydrogens is 342 g/mol. The van der Waals surface area contributed by atoms with Crippen molar-refractivity contribution in [3.63, 3.8) is 0 Å². The average Bonchev–Trinajstić information content (AvgIpc) is 3.35. The Morgan fingerprint density at radius 2 is 1.85 bits per heavy atom. The van der Waals surface area contributed by atoms with E-state index in [1.54, 1.807) is 23.9 Å². The fraction of sp³-hybridized carbons (Fsp3) is 0.136. The van der Waals surface area contributed by atoms with Crippen LogP contribution in [0.25, 0.3) is 10.8 Å². The molecule has 0 unspecified atom stereocenters. The normalized spacial score (nSPS) is 10.9. The minimum atomic E-state index is 0.121. The number of amides is 1. The largest absolute Gasteiger partial charge is 0.472 e. The molecular formula is C22H19NO2S. The first-order valence-corrected chi connectivity index (χ1v) is 9.45. The second-order valence-electron chi connectivity index (χ2n) is 6.28. The third-order valence-corrected chi connectivity index (χ3v) is 5.32. The fourth-order valence-corrected chi connectivity index (χ4v) is 3.87. The van der Waals surface area contributed by atoms with Crippen LogP contribution in [-0.2, 0) is 24.3 Å². The Labute approximate surface area is 156 Å². The smallest absolute Gasteiger partial charge is 0.227 e. The molecule has 26 heavy (non-hydrogen) atoms. The number of fused-ring (bicyclic) bond motifs is 1. The van der Waals surface area contributed by atoms with Gasteiger partial charge in [0.1, 0.15) is 0 Å². The highest BCUT2D eigenvalue weighted by Crippen LogP contribution is 2.21. The van der Waals surface area contributed by atoms with E-state index in [9.17, 15) is 4.79 Å². The van der Waals surface area contributed by atoms with Crippen molar-refractivity contribution >= 4 is 28.0 Å². The summed E-state index contributed by atoms with van der Waals surface area (Å²) >= 11 is 1.67. The molecule has 130 valence electrons. The number of carbonyl (C=O) groups is 1. The fourth-order valence-electron chi connectivity index (χ4n) is 3.15. The monoisotopic (exact) mass is 361 g/mol. The summed E-state index contributed by atoms with van der Waals surface area (Å²) < 4.78 is 5.17. The zero-order valence-corrected chi connectivity index (χ0v) is 15.1. The highest BCUT2D eigenvalue weighted by Gasteiger charge is 2.17. The molecule has 0 aliphatic heterocycles. The number of nitrogens with zero attached hydrogens (tertiary/aromatic N) is 1. The predicted molar refractivity (Wildman–Crippen MR) is 105 cm³/mol. The standard InChI is InChI=1S/C22H19NO2S/c24-22(13-19-7-3-6-18-5-1-2-9-21(18)19)23(14-17-10-11-25-16-17)15-20-8-4-12-26-20/h1-12,16H,13-15H2. The number of furan rings is 1. The topological polar surface area (TPSA) is 33.5 Å². The zero-order valence-electron chi connectivity index (χ0n) is 14.3. The van der Waals surface area contributed by atoms with Crippen LogP contribution in [0.4, 0.5) is 0 Å². The molecule has 0 radical (unpaired) electrons. The van der Waals surface area contributed by atoms with Crippen LogP contribution in [0, 0.1) is 0 Å². The highest BCUT2D eigenvalue weighted by atomic mass is 32.1. The molecule has 0 bridgehead atoms. The van der Waals surface area contributed by atoms with Gasteiger partial charge in [0.2, 0.25) is 5.91 Å². The minimum absolute atomic E-state index is 0.121. The Morgan fingerprint density at radius 1 is 0.962 bits per heavy atom. The van der Waals surface area contributed by atoms with E-state index in [1.807, 2.05) is 46.7 Å². The molecule has 4 aromatic rings. The Kier molecular flexibility index (Phi) is 4.84. The molecule has 4 rings (SSSR count). The van der Waals surface area contributed by atoms with Crippen LogP contribution < -0.4 is 0 Å². The van der Waals surface area contributed by atoms with Crippen molar-refractivity contribution in [1.29, 1.82) is 0 Å². The molecule has 0 saturated carbocycles. The van der Waals surface area contributed by atoms with Crippen molar-refractivity contribution in [3.8, 4) is 0 Å². The molecule has 0 aliphatic carbocycles. The zero-order chi connectivity index (χ0) is 17.8. The molecule has 2 aromatic carbocycles. The second kappa shape index (κ2) is 7.58. The highest BCUT2D eigenvalue weighted by molar-refractivity contribution is 7.09. The van der Waals surface area contributed by atoms with E-state index < -0.39 is 0 Å². The van der Waals surface area contributed by atoms with Crippen molar-refractivity contribution < 1.29 is 9.21 Å².